The summed E-state index contributed by atoms with van der Waals surface area (Å²) in [6.45, 7) is 0. The third kappa shape index (κ3) is 2.92. The number of benzene rings is 2. The normalized spacial score (nSPS) is 11.0. The minimum Gasteiger partial charge on any atom is -0.463 e. The van der Waals surface area contributed by atoms with Crippen LogP contribution in [0.3, 0.4) is 0 Å². The average molecular weight is 370 g/mol. The van der Waals surface area contributed by atoms with E-state index >= 15 is 0 Å². The van der Waals surface area contributed by atoms with Crippen molar-refractivity contribution in [1.82, 2.24) is 25.0 Å². The second kappa shape index (κ2) is 6.51. The molecular formula is C20H14N6O2. The van der Waals surface area contributed by atoms with Gasteiger partial charge in [0.15, 0.2) is 11.6 Å². The van der Waals surface area contributed by atoms with Gasteiger partial charge in [0, 0.05) is 12.1 Å². The van der Waals surface area contributed by atoms with Crippen molar-refractivity contribution < 1.29 is 9.15 Å². The zero-order valence-corrected chi connectivity index (χ0v) is 14.6. The molecule has 0 unspecified atom stereocenters. The van der Waals surface area contributed by atoms with Crippen LogP contribution in [0.4, 0.5) is 5.95 Å². The van der Waals surface area contributed by atoms with Crippen molar-refractivity contribution in [3.8, 4) is 28.8 Å². The van der Waals surface area contributed by atoms with E-state index in [-0.39, 0.29) is 5.95 Å². The van der Waals surface area contributed by atoms with E-state index in [1.165, 1.54) is 0 Å². The summed E-state index contributed by atoms with van der Waals surface area (Å²) >= 11 is 0. The van der Waals surface area contributed by atoms with Gasteiger partial charge in [-0.2, -0.15) is 9.67 Å². The van der Waals surface area contributed by atoms with Crippen molar-refractivity contribution in [2.24, 2.45) is 0 Å². The van der Waals surface area contributed by atoms with Crippen LogP contribution in [-0.4, -0.2) is 25.0 Å². The van der Waals surface area contributed by atoms with E-state index in [2.05, 4.69) is 20.3 Å². The van der Waals surface area contributed by atoms with E-state index in [0.717, 1.165) is 11.3 Å². The zero-order valence-electron chi connectivity index (χ0n) is 14.6. The van der Waals surface area contributed by atoms with Crippen LogP contribution < -0.4 is 10.5 Å². The van der Waals surface area contributed by atoms with Crippen LogP contribution in [0.15, 0.2) is 77.4 Å². The molecule has 136 valence electrons. The first-order valence-electron chi connectivity index (χ1n) is 8.53. The van der Waals surface area contributed by atoms with E-state index < -0.39 is 0 Å². The van der Waals surface area contributed by atoms with Crippen molar-refractivity contribution in [2.75, 3.05) is 5.73 Å². The summed E-state index contributed by atoms with van der Waals surface area (Å²) in [5.74, 6) is 2.64. The molecule has 3 aromatic heterocycles. The Morgan fingerprint density at radius 2 is 1.79 bits per heavy atom. The van der Waals surface area contributed by atoms with E-state index in [1.807, 2.05) is 48.5 Å². The fourth-order valence-corrected chi connectivity index (χ4v) is 2.87. The first kappa shape index (κ1) is 16.0. The van der Waals surface area contributed by atoms with Crippen molar-refractivity contribution in [3.05, 3.63) is 73.0 Å². The summed E-state index contributed by atoms with van der Waals surface area (Å²) in [6, 6.07) is 20.4. The van der Waals surface area contributed by atoms with Crippen molar-refractivity contribution in [2.45, 2.75) is 0 Å². The molecule has 0 atom stereocenters. The number of nitrogens with two attached hydrogens (primary N) is 1. The molecule has 28 heavy (non-hydrogen) atoms. The monoisotopic (exact) mass is 370 g/mol. The zero-order chi connectivity index (χ0) is 18.9. The van der Waals surface area contributed by atoms with Gasteiger partial charge in [-0.15, -0.1) is 5.10 Å². The predicted octanol–water partition coefficient (Wildman–Crippen LogP) is 3.85. The van der Waals surface area contributed by atoms with Gasteiger partial charge in [0.1, 0.15) is 22.7 Å². The fraction of sp³-hybridized carbons (Fsp3) is 0. The number of fused-ring (bicyclic) bond motifs is 1. The molecule has 0 aliphatic rings. The summed E-state index contributed by atoms with van der Waals surface area (Å²) in [6.07, 6.45) is 1.58. The van der Waals surface area contributed by atoms with Crippen LogP contribution in [0, 0.1) is 0 Å². The highest BCUT2D eigenvalue weighted by atomic mass is 16.5. The topological polar surface area (TPSA) is 105 Å². The predicted molar refractivity (Wildman–Crippen MR) is 103 cm³/mol. The van der Waals surface area contributed by atoms with Gasteiger partial charge in [-0.25, -0.2) is 4.98 Å². The summed E-state index contributed by atoms with van der Waals surface area (Å²) in [5.41, 5.74) is 7.89. The lowest BCUT2D eigenvalue weighted by molar-refractivity contribution is 0.483. The number of para-hydroxylation sites is 1. The molecule has 8 heteroatoms. The number of hydrogen-bond donors (Lipinski definition) is 1. The highest BCUT2D eigenvalue weighted by molar-refractivity contribution is 5.78. The van der Waals surface area contributed by atoms with E-state index in [1.54, 1.807) is 29.1 Å². The lowest BCUT2D eigenvalue weighted by Gasteiger charge is -2.06. The van der Waals surface area contributed by atoms with Gasteiger partial charge in [-0.1, -0.05) is 23.4 Å². The van der Waals surface area contributed by atoms with Gasteiger partial charge >= 0.3 is 0 Å². The third-order valence-electron chi connectivity index (χ3n) is 4.12. The van der Waals surface area contributed by atoms with Gasteiger partial charge in [0.05, 0.1) is 11.8 Å². The first-order chi connectivity index (χ1) is 13.8. The summed E-state index contributed by atoms with van der Waals surface area (Å²) in [7, 11) is 0. The molecule has 2 aromatic carbocycles. The molecule has 5 rings (SSSR count). The molecule has 0 amide bonds. The molecule has 0 bridgehead atoms. The van der Waals surface area contributed by atoms with Crippen LogP contribution in [0.25, 0.3) is 28.3 Å². The maximum atomic E-state index is 5.88. The molecule has 0 saturated heterocycles. The number of ether oxygens (including phenoxy) is 1. The van der Waals surface area contributed by atoms with Crippen LogP contribution in [0.2, 0.25) is 0 Å². The number of rotatable bonds is 4. The van der Waals surface area contributed by atoms with Gasteiger partial charge in [0.25, 0.3) is 0 Å². The van der Waals surface area contributed by atoms with Crippen LogP contribution in [0.1, 0.15) is 0 Å². The Morgan fingerprint density at radius 3 is 2.61 bits per heavy atom. The lowest BCUT2D eigenvalue weighted by atomic mass is 10.2. The minimum absolute atomic E-state index is 0.122. The molecule has 0 radical (unpaired) electrons. The Labute approximate surface area is 159 Å². The smallest absolute Gasteiger partial charge is 0.222 e. The van der Waals surface area contributed by atoms with Crippen LogP contribution in [-0.2, 0) is 0 Å². The standard InChI is InChI=1S/C20H14N6O2/c21-20-22-16(18-7-4-10-27-18)12-19(23-20)26-17-9-8-14(11-15(17)24-25-26)28-13-5-2-1-3-6-13/h1-12H,(H2,21,22,23). The second-order valence-electron chi connectivity index (χ2n) is 6.01. The lowest BCUT2D eigenvalue weighted by Crippen LogP contribution is -2.05. The molecular weight excluding hydrogens is 356 g/mol. The Hall–Kier alpha value is -4.20. The average Bonchev–Trinajstić information content (AvgIpc) is 3.38. The van der Waals surface area contributed by atoms with Crippen molar-refractivity contribution >= 4 is 17.0 Å². The number of furan rings is 1. The summed E-state index contributed by atoms with van der Waals surface area (Å²) < 4.78 is 12.9. The SMILES string of the molecule is Nc1nc(-c2ccco2)cc(-n2nnc3cc(Oc4ccccc4)ccc32)n1. The number of nitrogen functional groups attached to an aromatic ring is 1. The Bertz CT molecular complexity index is 1250. The molecule has 0 fully saturated rings. The molecule has 0 saturated carbocycles. The second-order valence-corrected chi connectivity index (χ2v) is 6.01. The van der Waals surface area contributed by atoms with Crippen molar-refractivity contribution in [3.63, 3.8) is 0 Å². The van der Waals surface area contributed by atoms with Gasteiger partial charge in [0.2, 0.25) is 5.95 Å². The Morgan fingerprint density at radius 1 is 0.893 bits per heavy atom. The largest absolute Gasteiger partial charge is 0.463 e. The molecule has 0 aliphatic heterocycles. The van der Waals surface area contributed by atoms with E-state index in [9.17, 15) is 0 Å². The highest BCUT2D eigenvalue weighted by Crippen LogP contribution is 2.26. The van der Waals surface area contributed by atoms with Gasteiger partial charge < -0.3 is 14.9 Å². The Kier molecular flexibility index (Phi) is 3.72. The molecule has 5 aromatic rings. The van der Waals surface area contributed by atoms with Crippen LogP contribution in [0.5, 0.6) is 11.5 Å². The number of anilines is 1. The number of hydrogen-bond acceptors (Lipinski definition) is 7. The molecule has 8 nitrogen and oxygen atoms in total. The maximum absolute atomic E-state index is 5.88. The minimum atomic E-state index is 0.122. The Balaban J connectivity index is 1.54. The quantitative estimate of drug-likeness (QED) is 0.512. The van der Waals surface area contributed by atoms with Gasteiger partial charge in [-0.3, -0.25) is 0 Å². The fourth-order valence-electron chi connectivity index (χ4n) is 2.87. The molecule has 0 spiro atoms. The van der Waals surface area contributed by atoms with E-state index in [0.29, 0.717) is 28.5 Å². The third-order valence-corrected chi connectivity index (χ3v) is 4.12. The highest BCUT2D eigenvalue weighted by Gasteiger charge is 2.13. The number of aromatic nitrogens is 5. The summed E-state index contributed by atoms with van der Waals surface area (Å²) in [5, 5.41) is 8.44. The molecule has 2 N–H and O–H groups in total. The first-order valence-corrected chi connectivity index (χ1v) is 8.53. The molecule has 0 aliphatic carbocycles. The van der Waals surface area contributed by atoms with Gasteiger partial charge in [-0.05, 0) is 36.4 Å². The number of nitrogens with zero attached hydrogens (tertiary/aromatic N) is 5. The summed E-state index contributed by atoms with van der Waals surface area (Å²) in [4.78, 5) is 8.50. The van der Waals surface area contributed by atoms with Crippen LogP contribution >= 0.6 is 0 Å². The molecule has 3 heterocycles. The van der Waals surface area contributed by atoms with E-state index in [4.69, 9.17) is 14.9 Å². The maximum Gasteiger partial charge on any atom is 0.222 e. The van der Waals surface area contributed by atoms with Crippen molar-refractivity contribution in [1.29, 1.82) is 0 Å².